The summed E-state index contributed by atoms with van der Waals surface area (Å²) in [4.78, 5) is 0. The molecule has 0 saturated carbocycles. The maximum absolute atomic E-state index is 11.7. The molecule has 0 aromatic rings. The summed E-state index contributed by atoms with van der Waals surface area (Å²) in [6, 6.07) is 0.372. The van der Waals surface area contributed by atoms with Gasteiger partial charge in [-0.15, -0.1) is 0 Å². The zero-order valence-electron chi connectivity index (χ0n) is 10.6. The summed E-state index contributed by atoms with van der Waals surface area (Å²) >= 11 is 0. The van der Waals surface area contributed by atoms with Crippen molar-refractivity contribution in [3.8, 4) is 0 Å². The van der Waals surface area contributed by atoms with Crippen LogP contribution in [0.2, 0.25) is 0 Å². The first kappa shape index (κ1) is 14.9. The second-order valence-electron chi connectivity index (χ2n) is 4.57. The van der Waals surface area contributed by atoms with E-state index < -0.39 is 9.84 Å². The van der Waals surface area contributed by atoms with Crippen molar-refractivity contribution in [3.05, 3.63) is 0 Å². The highest BCUT2D eigenvalue weighted by atomic mass is 32.2. The van der Waals surface area contributed by atoms with Gasteiger partial charge in [0, 0.05) is 12.6 Å². The molecule has 0 aliphatic heterocycles. The van der Waals surface area contributed by atoms with Crippen LogP contribution in [0.15, 0.2) is 0 Å². The van der Waals surface area contributed by atoms with Crippen molar-refractivity contribution in [2.45, 2.75) is 52.3 Å². The predicted molar refractivity (Wildman–Crippen MR) is 65.8 cm³/mol. The summed E-state index contributed by atoms with van der Waals surface area (Å²) < 4.78 is 23.3. The summed E-state index contributed by atoms with van der Waals surface area (Å²) in [5.41, 5.74) is 0. The van der Waals surface area contributed by atoms with Crippen molar-refractivity contribution in [1.82, 2.24) is 5.32 Å². The Kier molecular flexibility index (Phi) is 6.44. The molecule has 15 heavy (non-hydrogen) atoms. The lowest BCUT2D eigenvalue weighted by Gasteiger charge is -2.18. The zero-order chi connectivity index (χ0) is 12.1. The van der Waals surface area contributed by atoms with Crippen LogP contribution in [0.25, 0.3) is 0 Å². The third-order valence-electron chi connectivity index (χ3n) is 3.04. The highest BCUT2D eigenvalue weighted by molar-refractivity contribution is 7.92. The van der Waals surface area contributed by atoms with E-state index in [4.69, 9.17) is 0 Å². The molecular weight excluding hydrogens is 210 g/mol. The fourth-order valence-corrected chi connectivity index (χ4v) is 2.43. The minimum absolute atomic E-state index is 0.214. The van der Waals surface area contributed by atoms with E-state index in [2.05, 4.69) is 26.1 Å². The van der Waals surface area contributed by atoms with Crippen molar-refractivity contribution in [2.24, 2.45) is 5.92 Å². The van der Waals surface area contributed by atoms with E-state index >= 15 is 0 Å². The average molecular weight is 235 g/mol. The van der Waals surface area contributed by atoms with Gasteiger partial charge in [0.15, 0.2) is 9.84 Å². The maximum Gasteiger partial charge on any atom is 0.154 e. The highest BCUT2D eigenvalue weighted by Gasteiger charge is 2.18. The van der Waals surface area contributed by atoms with Crippen LogP contribution >= 0.6 is 0 Å². The van der Waals surface area contributed by atoms with Crippen LogP contribution in [0.3, 0.4) is 0 Å². The first-order chi connectivity index (χ1) is 6.81. The molecule has 2 unspecified atom stereocenters. The molecule has 0 spiro atoms. The lowest BCUT2D eigenvalue weighted by Crippen LogP contribution is -2.36. The van der Waals surface area contributed by atoms with Gasteiger partial charge in [0.2, 0.25) is 0 Å². The molecule has 92 valence electrons. The molecule has 0 radical (unpaired) electrons. The second kappa shape index (κ2) is 6.48. The van der Waals surface area contributed by atoms with E-state index in [1.807, 2.05) is 6.92 Å². The monoisotopic (exact) mass is 235 g/mol. The van der Waals surface area contributed by atoms with Crippen LogP contribution in [0.4, 0.5) is 0 Å². The Bertz CT molecular complexity index is 260. The summed E-state index contributed by atoms with van der Waals surface area (Å²) in [5.74, 6) is 0.787. The lowest BCUT2D eigenvalue weighted by molar-refractivity contribution is 0.436. The van der Waals surface area contributed by atoms with E-state index in [-0.39, 0.29) is 11.0 Å². The molecule has 0 amide bonds. The first-order valence-corrected chi connectivity index (χ1v) is 7.47. The van der Waals surface area contributed by atoms with Gasteiger partial charge in [0.1, 0.15) is 0 Å². The Morgan fingerprint density at radius 2 is 1.67 bits per heavy atom. The third kappa shape index (κ3) is 5.52. The largest absolute Gasteiger partial charge is 0.313 e. The maximum atomic E-state index is 11.7. The summed E-state index contributed by atoms with van der Waals surface area (Å²) in [6.45, 7) is 10.6. The van der Waals surface area contributed by atoms with E-state index in [1.54, 1.807) is 6.92 Å². The van der Waals surface area contributed by atoms with E-state index in [0.29, 0.717) is 24.9 Å². The standard InChI is InChI=1S/C11H25NO2S/c1-6-10(4)15(13,14)8-7-12-11(5)9(2)3/h9-12H,6-8H2,1-5H3. The fourth-order valence-electron chi connectivity index (χ4n) is 1.12. The van der Waals surface area contributed by atoms with Gasteiger partial charge in [-0.1, -0.05) is 20.8 Å². The van der Waals surface area contributed by atoms with Gasteiger partial charge in [-0.05, 0) is 26.2 Å². The van der Waals surface area contributed by atoms with Gasteiger partial charge < -0.3 is 5.32 Å². The number of hydrogen-bond acceptors (Lipinski definition) is 3. The predicted octanol–water partition coefficient (Wildman–Crippen LogP) is 1.83. The van der Waals surface area contributed by atoms with Gasteiger partial charge in [-0.3, -0.25) is 0 Å². The van der Waals surface area contributed by atoms with Crippen molar-refractivity contribution in [3.63, 3.8) is 0 Å². The molecule has 0 aliphatic rings. The normalized spacial score (nSPS) is 16.7. The molecule has 0 aromatic heterocycles. The van der Waals surface area contributed by atoms with Gasteiger partial charge in [0.25, 0.3) is 0 Å². The third-order valence-corrected chi connectivity index (χ3v) is 5.37. The number of sulfone groups is 1. The van der Waals surface area contributed by atoms with Gasteiger partial charge >= 0.3 is 0 Å². The molecule has 3 nitrogen and oxygen atoms in total. The van der Waals surface area contributed by atoms with Crippen LogP contribution < -0.4 is 5.32 Å². The molecule has 2 atom stereocenters. The molecule has 0 rings (SSSR count). The Morgan fingerprint density at radius 1 is 1.13 bits per heavy atom. The van der Waals surface area contributed by atoms with E-state index in [0.717, 1.165) is 0 Å². The molecular formula is C11H25NO2S. The first-order valence-electron chi connectivity index (χ1n) is 5.76. The van der Waals surface area contributed by atoms with Gasteiger partial charge in [0.05, 0.1) is 11.0 Å². The van der Waals surface area contributed by atoms with Crippen LogP contribution in [-0.4, -0.2) is 32.0 Å². The Hall–Kier alpha value is -0.0900. The molecule has 0 saturated heterocycles. The Morgan fingerprint density at radius 3 is 2.07 bits per heavy atom. The van der Waals surface area contributed by atoms with Crippen molar-refractivity contribution in [2.75, 3.05) is 12.3 Å². The SMILES string of the molecule is CCC(C)S(=O)(=O)CCNC(C)C(C)C. The Balaban J connectivity index is 3.96. The minimum atomic E-state index is -2.89. The molecule has 0 aliphatic carbocycles. The topological polar surface area (TPSA) is 46.2 Å². The van der Waals surface area contributed by atoms with Crippen LogP contribution in [0.1, 0.15) is 41.0 Å². The van der Waals surface area contributed by atoms with Crippen LogP contribution in [0, 0.1) is 5.92 Å². The molecule has 4 heteroatoms. The zero-order valence-corrected chi connectivity index (χ0v) is 11.4. The summed E-state index contributed by atoms with van der Waals surface area (Å²) in [5, 5.41) is 3.02. The van der Waals surface area contributed by atoms with Crippen molar-refractivity contribution >= 4 is 9.84 Å². The number of nitrogens with one attached hydrogen (secondary N) is 1. The van der Waals surface area contributed by atoms with Crippen LogP contribution in [0.5, 0.6) is 0 Å². The van der Waals surface area contributed by atoms with E-state index in [9.17, 15) is 8.42 Å². The molecule has 0 fully saturated rings. The summed E-state index contributed by atoms with van der Waals surface area (Å²) in [7, 11) is -2.89. The summed E-state index contributed by atoms with van der Waals surface area (Å²) in [6.07, 6.45) is 0.696. The number of hydrogen-bond donors (Lipinski definition) is 1. The van der Waals surface area contributed by atoms with Crippen molar-refractivity contribution < 1.29 is 8.42 Å². The number of rotatable bonds is 7. The molecule has 1 N–H and O–H groups in total. The Labute approximate surface area is 94.6 Å². The molecule has 0 heterocycles. The lowest BCUT2D eigenvalue weighted by atomic mass is 10.1. The molecule has 0 bridgehead atoms. The van der Waals surface area contributed by atoms with Gasteiger partial charge in [-0.2, -0.15) is 0 Å². The molecule has 0 aromatic carbocycles. The van der Waals surface area contributed by atoms with Crippen molar-refractivity contribution in [1.29, 1.82) is 0 Å². The quantitative estimate of drug-likeness (QED) is 0.732. The smallest absolute Gasteiger partial charge is 0.154 e. The highest BCUT2D eigenvalue weighted by Crippen LogP contribution is 2.06. The van der Waals surface area contributed by atoms with Crippen LogP contribution in [-0.2, 0) is 9.84 Å². The fraction of sp³-hybridized carbons (Fsp3) is 1.00. The van der Waals surface area contributed by atoms with E-state index in [1.165, 1.54) is 0 Å². The minimum Gasteiger partial charge on any atom is -0.313 e. The average Bonchev–Trinajstić information content (AvgIpc) is 2.15. The second-order valence-corrected chi connectivity index (χ2v) is 7.11. The van der Waals surface area contributed by atoms with Gasteiger partial charge in [-0.25, -0.2) is 8.42 Å².